The highest BCUT2D eigenvalue weighted by atomic mass is 32.2. The van der Waals surface area contributed by atoms with E-state index in [1.165, 1.54) is 22.9 Å². The maximum Gasteiger partial charge on any atom is 0.133 e. The Morgan fingerprint density at radius 1 is 1.25 bits per heavy atom. The molecule has 0 bridgehead atoms. The van der Waals surface area contributed by atoms with Crippen molar-refractivity contribution in [1.29, 1.82) is 0 Å². The number of aliphatic hydroxyl groups is 1. The van der Waals surface area contributed by atoms with E-state index in [2.05, 4.69) is 30.1 Å². The number of para-hydroxylation sites is 1. The molecule has 0 aromatic heterocycles. The summed E-state index contributed by atoms with van der Waals surface area (Å²) in [7, 11) is 0. The van der Waals surface area contributed by atoms with E-state index in [4.69, 9.17) is 4.74 Å². The molecule has 1 heterocycles. The smallest absolute Gasteiger partial charge is 0.133 e. The molecule has 0 amide bonds. The van der Waals surface area contributed by atoms with Crippen LogP contribution >= 0.6 is 11.8 Å². The van der Waals surface area contributed by atoms with Gasteiger partial charge in [-0.3, -0.25) is 0 Å². The quantitative estimate of drug-likeness (QED) is 0.521. The number of fused-ring (bicyclic) bond motifs is 1. The van der Waals surface area contributed by atoms with Gasteiger partial charge in [0.2, 0.25) is 0 Å². The number of aliphatic imine (C=N–C) groups is 1. The summed E-state index contributed by atoms with van der Waals surface area (Å²) < 4.78 is 6.12. The van der Waals surface area contributed by atoms with E-state index in [-0.39, 0.29) is 0 Å². The van der Waals surface area contributed by atoms with Crippen molar-refractivity contribution in [3.63, 3.8) is 0 Å². The third-order valence-corrected chi connectivity index (χ3v) is 5.58. The maximum absolute atomic E-state index is 10.2. The van der Waals surface area contributed by atoms with Crippen molar-refractivity contribution in [3.05, 3.63) is 88.2 Å². The van der Waals surface area contributed by atoms with Crippen LogP contribution in [-0.4, -0.2) is 28.7 Å². The Morgan fingerprint density at radius 3 is 2.75 bits per heavy atom. The van der Waals surface area contributed by atoms with Crippen LogP contribution in [0.2, 0.25) is 0 Å². The van der Waals surface area contributed by atoms with Crippen molar-refractivity contribution in [2.24, 2.45) is 4.99 Å². The van der Waals surface area contributed by atoms with E-state index in [0.717, 1.165) is 22.7 Å². The molecule has 2 aromatic rings. The van der Waals surface area contributed by atoms with Gasteiger partial charge in [-0.05, 0) is 48.9 Å². The minimum absolute atomic E-state index is 0.458. The van der Waals surface area contributed by atoms with Gasteiger partial charge in [0, 0.05) is 6.20 Å². The van der Waals surface area contributed by atoms with Crippen LogP contribution in [-0.2, 0) is 17.9 Å². The maximum atomic E-state index is 10.2. The van der Waals surface area contributed by atoms with Crippen LogP contribution in [0, 0.1) is 6.92 Å². The Kier molecular flexibility index (Phi) is 6.95. The number of aliphatic hydroxyl groups excluding tert-OH is 1. The number of hydrogen-bond donors (Lipinski definition) is 1. The summed E-state index contributed by atoms with van der Waals surface area (Å²) in [6.07, 6.45) is 7.04. The molecule has 146 valence electrons. The molecule has 4 nitrogen and oxygen atoms in total. The number of allylic oxidation sites excluding steroid dienone is 1. The lowest BCUT2D eigenvalue weighted by Crippen LogP contribution is -2.17. The minimum Gasteiger partial charge on any atom is -0.488 e. The highest BCUT2D eigenvalue weighted by molar-refractivity contribution is 8.02. The summed E-state index contributed by atoms with van der Waals surface area (Å²) in [4.78, 5) is 7.31. The highest BCUT2D eigenvalue weighted by Crippen LogP contribution is 2.26. The third-order valence-electron chi connectivity index (χ3n) is 4.59. The van der Waals surface area contributed by atoms with E-state index in [9.17, 15) is 5.11 Å². The second-order valence-electron chi connectivity index (χ2n) is 6.69. The lowest BCUT2D eigenvalue weighted by atomic mass is 10.1. The van der Waals surface area contributed by atoms with Gasteiger partial charge in [-0.25, -0.2) is 4.99 Å². The van der Waals surface area contributed by atoms with Crippen molar-refractivity contribution in [2.45, 2.75) is 33.1 Å². The average molecular weight is 395 g/mol. The average Bonchev–Trinajstić information content (AvgIpc) is 2.70. The molecule has 1 aliphatic heterocycles. The first-order chi connectivity index (χ1) is 13.6. The monoisotopic (exact) mass is 394 g/mol. The van der Waals surface area contributed by atoms with Crippen molar-refractivity contribution in [2.75, 3.05) is 6.26 Å². The molecular weight excluding hydrogens is 368 g/mol. The molecule has 1 aliphatic rings. The van der Waals surface area contributed by atoms with Gasteiger partial charge in [0.25, 0.3) is 0 Å². The topological polar surface area (TPSA) is 45.1 Å². The van der Waals surface area contributed by atoms with Crippen LogP contribution in [0.15, 0.2) is 76.5 Å². The number of benzene rings is 2. The fraction of sp³-hybridized carbons (Fsp3) is 0.261. The van der Waals surface area contributed by atoms with E-state index < -0.39 is 6.10 Å². The molecular formula is C23H26N2O2S. The first-order valence-corrected chi connectivity index (χ1v) is 10.5. The lowest BCUT2D eigenvalue weighted by molar-refractivity contribution is 0.190. The van der Waals surface area contributed by atoms with Gasteiger partial charge in [-0.2, -0.15) is 0 Å². The van der Waals surface area contributed by atoms with Gasteiger partial charge in [-0.1, -0.05) is 42.5 Å². The largest absolute Gasteiger partial charge is 0.488 e. The molecule has 0 fully saturated rings. The van der Waals surface area contributed by atoms with E-state index in [1.54, 1.807) is 6.92 Å². The number of rotatable bonds is 7. The molecule has 3 rings (SSSR count). The molecule has 1 atom stereocenters. The molecule has 1 unspecified atom stereocenters. The molecule has 0 saturated carbocycles. The number of ether oxygens (including phenoxy) is 1. The second kappa shape index (κ2) is 9.62. The highest BCUT2D eigenvalue weighted by Gasteiger charge is 2.13. The number of hydrogen-bond acceptors (Lipinski definition) is 5. The van der Waals surface area contributed by atoms with Crippen LogP contribution in [0.4, 0.5) is 5.69 Å². The van der Waals surface area contributed by atoms with Crippen LogP contribution in [0.25, 0.3) is 0 Å². The number of aryl methyl sites for hydroxylation is 1. The van der Waals surface area contributed by atoms with Crippen molar-refractivity contribution in [3.8, 4) is 0 Å². The zero-order valence-electron chi connectivity index (χ0n) is 16.5. The van der Waals surface area contributed by atoms with Gasteiger partial charge >= 0.3 is 0 Å². The van der Waals surface area contributed by atoms with Crippen LogP contribution in [0.5, 0.6) is 0 Å². The predicted octanol–water partition coefficient (Wildman–Crippen LogP) is 5.16. The fourth-order valence-corrected chi connectivity index (χ4v) is 3.67. The molecule has 0 saturated heterocycles. The van der Waals surface area contributed by atoms with Gasteiger partial charge in [0.1, 0.15) is 12.4 Å². The van der Waals surface area contributed by atoms with Gasteiger partial charge in [-0.15, -0.1) is 11.8 Å². The Balaban J connectivity index is 1.78. The van der Waals surface area contributed by atoms with Crippen molar-refractivity contribution >= 4 is 23.8 Å². The second-order valence-corrected chi connectivity index (χ2v) is 7.53. The molecule has 2 aromatic carbocycles. The first-order valence-electron chi connectivity index (χ1n) is 9.28. The molecule has 0 radical (unpaired) electrons. The molecule has 0 aliphatic carbocycles. The van der Waals surface area contributed by atoms with Gasteiger partial charge in [0.15, 0.2) is 0 Å². The normalized spacial score (nSPS) is 15.4. The van der Waals surface area contributed by atoms with Gasteiger partial charge < -0.3 is 14.7 Å². The summed E-state index contributed by atoms with van der Waals surface area (Å²) in [5.74, 6) is 0.679. The summed E-state index contributed by atoms with van der Waals surface area (Å²) >= 11 is 1.50. The fourth-order valence-electron chi connectivity index (χ4n) is 3.00. The van der Waals surface area contributed by atoms with Gasteiger partial charge in [0.05, 0.1) is 29.6 Å². The third kappa shape index (κ3) is 5.06. The van der Waals surface area contributed by atoms with Crippen LogP contribution in [0.1, 0.15) is 23.6 Å². The van der Waals surface area contributed by atoms with Crippen molar-refractivity contribution in [1.82, 2.24) is 4.90 Å². The molecule has 0 spiro atoms. The van der Waals surface area contributed by atoms with E-state index >= 15 is 0 Å². The van der Waals surface area contributed by atoms with E-state index in [0.29, 0.717) is 12.4 Å². The van der Waals surface area contributed by atoms with E-state index in [1.807, 2.05) is 60.1 Å². The Labute approximate surface area is 171 Å². The first kappa shape index (κ1) is 20.2. The zero-order chi connectivity index (χ0) is 19.9. The Morgan fingerprint density at radius 2 is 2.00 bits per heavy atom. The summed E-state index contributed by atoms with van der Waals surface area (Å²) in [6, 6.07) is 16.3. The summed E-state index contributed by atoms with van der Waals surface area (Å²) in [5.41, 5.74) is 4.51. The molecule has 1 N–H and O–H groups in total. The molecule has 5 heteroatoms. The summed E-state index contributed by atoms with van der Waals surface area (Å²) in [5, 5.41) is 10.2. The van der Waals surface area contributed by atoms with Crippen molar-refractivity contribution < 1.29 is 9.84 Å². The number of nitrogens with zero attached hydrogens (tertiary/aromatic N) is 2. The Hall–Kier alpha value is -2.50. The van der Waals surface area contributed by atoms with Crippen LogP contribution in [0.3, 0.4) is 0 Å². The standard InChI is InChI=1S/C23H26N2O2S/c1-17-8-4-5-10-20(17)15-27-22(23(28-3)18(2)26)12-13-25-14-19-9-6-7-11-21(19)24-16-25/h4-13,16,18,26H,14-15H2,1-3H3/b13-12+,23-22+. The lowest BCUT2D eigenvalue weighted by Gasteiger charge is -2.21. The SMILES string of the molecule is CS/C(=C(\C=C\N1C=Nc2ccccc2C1)OCc1ccccc1C)C(C)O. The zero-order valence-corrected chi connectivity index (χ0v) is 17.3. The summed E-state index contributed by atoms with van der Waals surface area (Å²) in [6.45, 7) is 5.05. The predicted molar refractivity (Wildman–Crippen MR) is 117 cm³/mol. The van der Waals surface area contributed by atoms with Crippen LogP contribution < -0.4 is 0 Å². The molecule has 28 heavy (non-hydrogen) atoms. The Bertz CT molecular complexity index is 903. The number of thioether (sulfide) groups is 1. The minimum atomic E-state index is -0.595.